The van der Waals surface area contributed by atoms with Crippen molar-refractivity contribution in [1.29, 1.82) is 0 Å². The Hall–Kier alpha value is -4.05. The van der Waals surface area contributed by atoms with Gasteiger partial charge < -0.3 is 19.7 Å². The lowest BCUT2D eigenvalue weighted by molar-refractivity contribution is -0.140. The molecule has 0 radical (unpaired) electrons. The third kappa shape index (κ3) is 8.50. The van der Waals surface area contributed by atoms with Crippen LogP contribution in [0.2, 0.25) is 0 Å². The molecular weight excluding hydrogens is 566 g/mol. The molecule has 0 spiro atoms. The minimum absolute atomic E-state index is 0.0164. The molecule has 0 aliphatic heterocycles. The minimum atomic E-state index is -4.26. The van der Waals surface area contributed by atoms with E-state index in [1.54, 1.807) is 24.3 Å². The number of nitrogens with one attached hydrogen (secondary N) is 1. The van der Waals surface area contributed by atoms with Gasteiger partial charge in [-0.2, -0.15) is 0 Å². The number of hydrogen-bond donors (Lipinski definition) is 1. The van der Waals surface area contributed by atoms with Crippen LogP contribution in [0.4, 0.5) is 5.69 Å². The molecule has 0 aliphatic rings. The van der Waals surface area contributed by atoms with E-state index in [1.807, 2.05) is 58.9 Å². The molecule has 1 N–H and O–H groups in total. The van der Waals surface area contributed by atoms with Gasteiger partial charge in [0.05, 0.1) is 24.8 Å². The first-order valence-corrected chi connectivity index (χ1v) is 15.8. The highest BCUT2D eigenvalue weighted by Gasteiger charge is 2.35. The topological polar surface area (TPSA) is 105 Å². The maximum Gasteiger partial charge on any atom is 0.264 e. The Morgan fingerprint density at radius 1 is 0.907 bits per heavy atom. The van der Waals surface area contributed by atoms with E-state index in [9.17, 15) is 18.0 Å². The van der Waals surface area contributed by atoms with Crippen LogP contribution in [0.15, 0.2) is 71.6 Å². The number of rotatable bonds is 14. The van der Waals surface area contributed by atoms with Crippen molar-refractivity contribution >= 4 is 27.5 Å². The molecule has 0 saturated heterocycles. The minimum Gasteiger partial charge on any atom is -0.497 e. The van der Waals surface area contributed by atoms with Gasteiger partial charge in [0.2, 0.25) is 11.8 Å². The van der Waals surface area contributed by atoms with Crippen molar-refractivity contribution in [3.8, 4) is 11.5 Å². The molecule has 0 unspecified atom stereocenters. The maximum absolute atomic E-state index is 14.3. The first kappa shape index (κ1) is 33.5. The molecule has 0 aromatic heterocycles. The summed E-state index contributed by atoms with van der Waals surface area (Å²) in [6.45, 7) is 9.65. The summed E-state index contributed by atoms with van der Waals surface area (Å²) >= 11 is 0. The number of methoxy groups -OCH3 is 2. The Bertz CT molecular complexity index is 1510. The summed E-state index contributed by atoms with van der Waals surface area (Å²) in [6.07, 6.45) is 0.342. The van der Waals surface area contributed by atoms with Crippen molar-refractivity contribution in [2.75, 3.05) is 31.6 Å². The van der Waals surface area contributed by atoms with Gasteiger partial charge in [-0.1, -0.05) is 68.3 Å². The van der Waals surface area contributed by atoms with Gasteiger partial charge in [-0.25, -0.2) is 8.42 Å². The number of ether oxygens (including phenoxy) is 2. The molecule has 43 heavy (non-hydrogen) atoms. The van der Waals surface area contributed by atoms with Crippen LogP contribution in [0.5, 0.6) is 11.5 Å². The fourth-order valence-corrected chi connectivity index (χ4v) is 6.11. The Kier molecular flexibility index (Phi) is 11.6. The Balaban J connectivity index is 2.14. The standard InChI is InChI=1S/C33H43N3O6S/c1-8-29(33(38)34-20-23(2)3)35(21-26-11-9-10-25(5)18-26)32(37)22-36(30-19-27(41-6)14-17-31(30)42-7)43(39,40)28-15-12-24(4)13-16-28/h9-19,23,29H,8,20-22H2,1-7H3,(H,34,38)/t29-/m0/s1. The van der Waals surface area contributed by atoms with Crippen molar-refractivity contribution in [2.45, 2.75) is 58.5 Å². The van der Waals surface area contributed by atoms with Crippen molar-refractivity contribution < 1.29 is 27.5 Å². The number of nitrogens with zero attached hydrogens (tertiary/aromatic N) is 2. The summed E-state index contributed by atoms with van der Waals surface area (Å²) in [5.74, 6) is 0.0375. The van der Waals surface area contributed by atoms with Gasteiger partial charge in [-0.3, -0.25) is 13.9 Å². The van der Waals surface area contributed by atoms with Crippen molar-refractivity contribution in [2.24, 2.45) is 5.92 Å². The second-order valence-electron chi connectivity index (χ2n) is 10.9. The zero-order chi connectivity index (χ0) is 31.7. The number of anilines is 1. The molecule has 3 aromatic rings. The van der Waals surface area contributed by atoms with E-state index < -0.39 is 28.5 Å². The molecule has 0 saturated carbocycles. The Labute approximate surface area is 255 Å². The van der Waals surface area contributed by atoms with Crippen LogP contribution in [-0.2, 0) is 26.2 Å². The molecule has 0 aliphatic carbocycles. The largest absolute Gasteiger partial charge is 0.497 e. The number of carbonyl (C=O) groups is 2. The van der Waals surface area contributed by atoms with Crippen LogP contribution >= 0.6 is 0 Å². The zero-order valence-electron chi connectivity index (χ0n) is 26.1. The third-order valence-electron chi connectivity index (χ3n) is 7.05. The van der Waals surface area contributed by atoms with E-state index >= 15 is 0 Å². The number of sulfonamides is 1. The molecule has 2 amide bonds. The molecule has 3 rings (SSSR count). The van der Waals surface area contributed by atoms with Crippen LogP contribution in [0, 0.1) is 19.8 Å². The summed E-state index contributed by atoms with van der Waals surface area (Å²) < 4.78 is 40.4. The lowest BCUT2D eigenvalue weighted by atomic mass is 10.1. The van der Waals surface area contributed by atoms with Crippen LogP contribution in [0.25, 0.3) is 0 Å². The molecule has 0 fully saturated rings. The lowest BCUT2D eigenvalue weighted by Gasteiger charge is -2.33. The van der Waals surface area contributed by atoms with Gasteiger partial charge in [0, 0.05) is 19.2 Å². The van der Waals surface area contributed by atoms with Crippen LogP contribution in [-0.4, -0.2) is 58.5 Å². The number of aryl methyl sites for hydroxylation is 2. The predicted molar refractivity (Wildman–Crippen MR) is 169 cm³/mol. The van der Waals surface area contributed by atoms with Gasteiger partial charge >= 0.3 is 0 Å². The van der Waals surface area contributed by atoms with Gasteiger partial charge in [0.25, 0.3) is 10.0 Å². The van der Waals surface area contributed by atoms with Crippen molar-refractivity contribution in [3.05, 3.63) is 83.4 Å². The molecule has 0 bridgehead atoms. The summed E-state index contributed by atoms with van der Waals surface area (Å²) in [6, 6.07) is 18.0. The summed E-state index contributed by atoms with van der Waals surface area (Å²) in [5, 5.41) is 2.94. The van der Waals surface area contributed by atoms with Crippen LogP contribution < -0.4 is 19.1 Å². The number of amides is 2. The molecule has 10 heteroatoms. The molecule has 1 atom stereocenters. The summed E-state index contributed by atoms with van der Waals surface area (Å²) in [7, 11) is -1.36. The van der Waals surface area contributed by atoms with Crippen molar-refractivity contribution in [1.82, 2.24) is 10.2 Å². The monoisotopic (exact) mass is 609 g/mol. The highest BCUT2D eigenvalue weighted by atomic mass is 32.2. The molecule has 9 nitrogen and oxygen atoms in total. The quantitative estimate of drug-likeness (QED) is 0.273. The van der Waals surface area contributed by atoms with Crippen LogP contribution in [0.3, 0.4) is 0 Å². The molecular formula is C33H43N3O6S. The highest BCUT2D eigenvalue weighted by Crippen LogP contribution is 2.36. The summed E-state index contributed by atoms with van der Waals surface area (Å²) in [5.41, 5.74) is 2.87. The molecule has 0 heterocycles. The van der Waals surface area contributed by atoms with E-state index in [1.165, 1.54) is 37.3 Å². The summed E-state index contributed by atoms with van der Waals surface area (Å²) in [4.78, 5) is 29.2. The average Bonchev–Trinajstić information content (AvgIpc) is 2.98. The molecule has 232 valence electrons. The first-order chi connectivity index (χ1) is 20.4. The number of hydrogen-bond acceptors (Lipinski definition) is 6. The van der Waals surface area contributed by atoms with Crippen molar-refractivity contribution in [3.63, 3.8) is 0 Å². The Morgan fingerprint density at radius 3 is 2.19 bits per heavy atom. The van der Waals surface area contributed by atoms with E-state index in [2.05, 4.69) is 5.32 Å². The van der Waals surface area contributed by atoms with Gasteiger partial charge in [0.1, 0.15) is 24.1 Å². The zero-order valence-corrected chi connectivity index (χ0v) is 26.9. The fraction of sp³-hybridized carbons (Fsp3) is 0.394. The fourth-order valence-electron chi connectivity index (χ4n) is 4.69. The van der Waals surface area contributed by atoms with E-state index in [0.717, 1.165) is 21.0 Å². The second kappa shape index (κ2) is 14.9. The van der Waals surface area contributed by atoms with E-state index in [0.29, 0.717) is 18.7 Å². The van der Waals surface area contributed by atoms with Gasteiger partial charge in [-0.15, -0.1) is 0 Å². The highest BCUT2D eigenvalue weighted by molar-refractivity contribution is 7.92. The average molecular weight is 610 g/mol. The number of benzene rings is 3. The number of carbonyl (C=O) groups excluding carboxylic acids is 2. The van der Waals surface area contributed by atoms with E-state index in [-0.39, 0.29) is 34.7 Å². The normalized spacial score (nSPS) is 12.0. The Morgan fingerprint density at radius 2 is 1.60 bits per heavy atom. The van der Waals surface area contributed by atoms with Crippen LogP contribution in [0.1, 0.15) is 43.9 Å². The van der Waals surface area contributed by atoms with Gasteiger partial charge in [-0.05, 0) is 56.0 Å². The maximum atomic E-state index is 14.3. The van der Waals surface area contributed by atoms with Gasteiger partial charge in [0.15, 0.2) is 0 Å². The van der Waals surface area contributed by atoms with E-state index in [4.69, 9.17) is 9.47 Å². The first-order valence-electron chi connectivity index (χ1n) is 14.3. The molecule has 3 aromatic carbocycles. The lowest BCUT2D eigenvalue weighted by Crippen LogP contribution is -2.52. The predicted octanol–water partition coefficient (Wildman–Crippen LogP) is 5.10. The SMILES string of the molecule is CC[C@@H](C(=O)NCC(C)C)N(Cc1cccc(C)c1)C(=O)CN(c1cc(OC)ccc1OC)S(=O)(=O)c1ccc(C)cc1. The second-order valence-corrected chi connectivity index (χ2v) is 12.8. The third-order valence-corrected chi connectivity index (χ3v) is 8.82. The smallest absolute Gasteiger partial charge is 0.264 e.